The van der Waals surface area contributed by atoms with Crippen LogP contribution in [0.2, 0.25) is 0 Å². The van der Waals surface area contributed by atoms with E-state index in [0.717, 1.165) is 0 Å². The molecule has 0 aromatic carbocycles. The highest BCUT2D eigenvalue weighted by Gasteiger charge is 2.11. The van der Waals surface area contributed by atoms with Crippen LogP contribution in [0, 0.1) is 0 Å². The molecule has 0 spiro atoms. The minimum Gasteiger partial charge on any atom is -0.477 e. The third-order valence-corrected chi connectivity index (χ3v) is 0.774. The van der Waals surface area contributed by atoms with Crippen LogP contribution in [0.4, 0.5) is 0 Å². The molecule has 0 aliphatic rings. The highest BCUT2D eigenvalue weighted by atomic mass is 16.6. The molecule has 0 aromatic heterocycles. The summed E-state index contributed by atoms with van der Waals surface area (Å²) in [5.41, 5.74) is 0. The van der Waals surface area contributed by atoms with E-state index >= 15 is 0 Å². The minimum atomic E-state index is -1.74. The fraction of sp³-hybridized carbons (Fsp3) is 0.800. The van der Waals surface area contributed by atoms with Gasteiger partial charge in [0.1, 0.15) is 0 Å². The summed E-state index contributed by atoms with van der Waals surface area (Å²) >= 11 is 0. The highest BCUT2D eigenvalue weighted by Crippen LogP contribution is 1.85. The Morgan fingerprint density at radius 1 is 1.60 bits per heavy atom. The van der Waals surface area contributed by atoms with Gasteiger partial charge in [0.05, 0.1) is 13.2 Å². The molecule has 0 saturated heterocycles. The van der Waals surface area contributed by atoms with Gasteiger partial charge in [0.15, 0.2) is 0 Å². The normalized spacial score (nSPS) is 13.0. The zero-order valence-electron chi connectivity index (χ0n) is 5.61. The van der Waals surface area contributed by atoms with E-state index in [2.05, 4.69) is 9.47 Å². The molecule has 2 N–H and O–H groups in total. The van der Waals surface area contributed by atoms with Crippen LogP contribution in [-0.2, 0) is 14.3 Å². The predicted molar refractivity (Wildman–Crippen MR) is 31.5 cm³/mol. The quantitative estimate of drug-likeness (QED) is 0.390. The first-order valence-corrected chi connectivity index (χ1v) is 2.70. The molecule has 0 aliphatic heterocycles. The van der Waals surface area contributed by atoms with Crippen molar-refractivity contribution in [2.75, 3.05) is 20.3 Å². The number of aliphatic carboxylic acids is 1. The van der Waals surface area contributed by atoms with Crippen molar-refractivity contribution in [2.45, 2.75) is 6.29 Å². The summed E-state index contributed by atoms with van der Waals surface area (Å²) in [4.78, 5) is 9.88. The lowest BCUT2D eigenvalue weighted by Crippen LogP contribution is -2.24. The van der Waals surface area contributed by atoms with Gasteiger partial charge in [-0.2, -0.15) is 0 Å². The SMILES string of the molecule is COCCOC(O)C(=O)O. The second-order valence-electron chi connectivity index (χ2n) is 1.55. The molecule has 5 heteroatoms. The lowest BCUT2D eigenvalue weighted by Gasteiger charge is -2.05. The Kier molecular flexibility index (Phi) is 4.82. The lowest BCUT2D eigenvalue weighted by molar-refractivity contribution is -0.178. The van der Waals surface area contributed by atoms with Crippen LogP contribution in [-0.4, -0.2) is 42.8 Å². The smallest absolute Gasteiger partial charge is 0.360 e. The van der Waals surface area contributed by atoms with E-state index in [0.29, 0.717) is 0 Å². The van der Waals surface area contributed by atoms with Gasteiger partial charge >= 0.3 is 5.97 Å². The van der Waals surface area contributed by atoms with Crippen molar-refractivity contribution in [1.29, 1.82) is 0 Å². The Hall–Kier alpha value is -0.650. The predicted octanol–water partition coefficient (Wildman–Crippen LogP) is -0.948. The van der Waals surface area contributed by atoms with Crippen LogP contribution in [0.15, 0.2) is 0 Å². The van der Waals surface area contributed by atoms with Crippen LogP contribution in [0.25, 0.3) is 0 Å². The number of ether oxygens (including phenoxy) is 2. The number of hydrogen-bond donors (Lipinski definition) is 2. The summed E-state index contributed by atoms with van der Waals surface area (Å²) in [6.45, 7) is 0.342. The molecule has 0 aliphatic carbocycles. The first-order chi connectivity index (χ1) is 4.68. The zero-order chi connectivity index (χ0) is 7.98. The van der Waals surface area contributed by atoms with E-state index in [9.17, 15) is 4.79 Å². The van der Waals surface area contributed by atoms with Gasteiger partial charge in [-0.05, 0) is 0 Å². The second-order valence-corrected chi connectivity index (χ2v) is 1.55. The summed E-state index contributed by atoms with van der Waals surface area (Å²) in [6, 6.07) is 0. The molecule has 0 amide bonds. The van der Waals surface area contributed by atoms with E-state index in [1.807, 2.05) is 0 Å². The van der Waals surface area contributed by atoms with E-state index in [1.165, 1.54) is 7.11 Å². The number of hydrogen-bond acceptors (Lipinski definition) is 4. The fourth-order valence-corrected chi connectivity index (χ4v) is 0.314. The van der Waals surface area contributed by atoms with Gasteiger partial charge < -0.3 is 19.7 Å². The maximum Gasteiger partial charge on any atom is 0.360 e. The second kappa shape index (κ2) is 5.16. The number of aliphatic hydroxyl groups is 1. The van der Waals surface area contributed by atoms with Crippen molar-refractivity contribution in [3.8, 4) is 0 Å². The van der Waals surface area contributed by atoms with Crippen molar-refractivity contribution in [1.82, 2.24) is 0 Å². The van der Waals surface area contributed by atoms with Gasteiger partial charge in [-0.1, -0.05) is 0 Å². The molecule has 0 radical (unpaired) electrons. The summed E-state index contributed by atoms with van der Waals surface area (Å²) in [5, 5.41) is 16.5. The lowest BCUT2D eigenvalue weighted by atomic mass is 10.6. The number of carboxylic acid groups (broad SMARTS) is 1. The standard InChI is InChI=1S/C5H10O5/c1-9-2-3-10-5(8)4(6)7/h5,8H,2-3H2,1H3,(H,6,7). The van der Waals surface area contributed by atoms with E-state index < -0.39 is 12.3 Å². The Bertz CT molecular complexity index is 102. The molecule has 10 heavy (non-hydrogen) atoms. The van der Waals surface area contributed by atoms with Gasteiger partial charge in [-0.3, -0.25) is 0 Å². The van der Waals surface area contributed by atoms with Crippen LogP contribution >= 0.6 is 0 Å². The van der Waals surface area contributed by atoms with Gasteiger partial charge in [-0.25, -0.2) is 4.79 Å². The maximum absolute atomic E-state index is 9.88. The molecule has 0 bridgehead atoms. The van der Waals surface area contributed by atoms with Crippen LogP contribution in [0.1, 0.15) is 0 Å². The summed E-state index contributed by atoms with van der Waals surface area (Å²) in [5.74, 6) is -1.39. The molecule has 0 saturated carbocycles. The number of carbonyl (C=O) groups is 1. The highest BCUT2D eigenvalue weighted by molar-refractivity contribution is 5.70. The topological polar surface area (TPSA) is 76.0 Å². The third kappa shape index (κ3) is 4.25. The molecular formula is C5H10O5. The Morgan fingerprint density at radius 2 is 2.20 bits per heavy atom. The number of rotatable bonds is 5. The molecular weight excluding hydrogens is 140 g/mol. The Morgan fingerprint density at radius 3 is 2.60 bits per heavy atom. The maximum atomic E-state index is 9.88. The molecule has 1 atom stereocenters. The molecule has 0 fully saturated rings. The van der Waals surface area contributed by atoms with Crippen molar-refractivity contribution >= 4 is 5.97 Å². The van der Waals surface area contributed by atoms with Crippen LogP contribution < -0.4 is 0 Å². The Labute approximate surface area is 58.2 Å². The number of aliphatic hydroxyl groups excluding tert-OH is 1. The van der Waals surface area contributed by atoms with Crippen LogP contribution in [0.5, 0.6) is 0 Å². The van der Waals surface area contributed by atoms with Gasteiger partial charge in [0.25, 0.3) is 6.29 Å². The molecule has 0 rings (SSSR count). The summed E-state index contributed by atoms with van der Waals surface area (Å²) in [6.07, 6.45) is -1.74. The molecule has 60 valence electrons. The average molecular weight is 150 g/mol. The molecule has 0 heterocycles. The van der Waals surface area contributed by atoms with Gasteiger partial charge in [0, 0.05) is 7.11 Å². The van der Waals surface area contributed by atoms with Crippen molar-refractivity contribution < 1.29 is 24.5 Å². The number of methoxy groups -OCH3 is 1. The summed E-state index contributed by atoms with van der Waals surface area (Å²) in [7, 11) is 1.45. The Balaban J connectivity index is 3.21. The monoisotopic (exact) mass is 150 g/mol. The largest absolute Gasteiger partial charge is 0.477 e. The minimum absolute atomic E-state index is 0.0734. The van der Waals surface area contributed by atoms with E-state index in [4.69, 9.17) is 10.2 Å². The molecule has 0 aromatic rings. The van der Waals surface area contributed by atoms with Crippen molar-refractivity contribution in [3.05, 3.63) is 0 Å². The first-order valence-electron chi connectivity index (χ1n) is 2.70. The van der Waals surface area contributed by atoms with E-state index in [1.54, 1.807) is 0 Å². The van der Waals surface area contributed by atoms with Gasteiger partial charge in [0.2, 0.25) is 0 Å². The number of carboxylic acids is 1. The average Bonchev–Trinajstić information content (AvgIpc) is 1.88. The van der Waals surface area contributed by atoms with E-state index in [-0.39, 0.29) is 13.2 Å². The fourth-order valence-electron chi connectivity index (χ4n) is 0.314. The summed E-state index contributed by atoms with van der Waals surface area (Å²) < 4.78 is 8.92. The third-order valence-electron chi connectivity index (χ3n) is 0.774. The zero-order valence-corrected chi connectivity index (χ0v) is 5.61. The molecule has 5 nitrogen and oxygen atoms in total. The van der Waals surface area contributed by atoms with Crippen molar-refractivity contribution in [3.63, 3.8) is 0 Å². The first kappa shape index (κ1) is 9.35. The van der Waals surface area contributed by atoms with Crippen molar-refractivity contribution in [2.24, 2.45) is 0 Å². The molecule has 1 unspecified atom stereocenters. The van der Waals surface area contributed by atoms with Gasteiger partial charge in [-0.15, -0.1) is 0 Å². The van der Waals surface area contributed by atoms with Crippen LogP contribution in [0.3, 0.4) is 0 Å².